The van der Waals surface area contributed by atoms with Gasteiger partial charge in [0.1, 0.15) is 16.9 Å². The Balaban J connectivity index is 1.50. The molecular weight excluding hydrogens is 378 g/mol. The van der Waals surface area contributed by atoms with E-state index in [1.165, 1.54) is 11.1 Å². The number of nitrogens with two attached hydrogens (primary N) is 1. The molecule has 0 saturated carbocycles. The zero-order valence-corrected chi connectivity index (χ0v) is 15.4. The molecule has 0 spiro atoms. The average Bonchev–Trinajstić information content (AvgIpc) is 3.28. The quantitative estimate of drug-likeness (QED) is 0.551. The van der Waals surface area contributed by atoms with Gasteiger partial charge in [-0.1, -0.05) is 6.07 Å². The molecule has 1 saturated heterocycles. The van der Waals surface area contributed by atoms with E-state index in [4.69, 9.17) is 10.2 Å². The van der Waals surface area contributed by atoms with Crippen molar-refractivity contribution in [3.05, 3.63) is 54.5 Å². The van der Waals surface area contributed by atoms with Gasteiger partial charge in [0.15, 0.2) is 5.88 Å². The Morgan fingerprint density at radius 3 is 2.66 bits per heavy atom. The zero-order chi connectivity index (χ0) is 20.2. The highest BCUT2D eigenvalue weighted by molar-refractivity contribution is 5.93. The normalized spacial score (nSPS) is 16.6. The van der Waals surface area contributed by atoms with Crippen molar-refractivity contribution in [2.75, 3.05) is 18.8 Å². The minimum absolute atomic E-state index is 0.0390. The molecule has 4 aromatic rings. The largest absolute Gasteiger partial charge is 0.441 e. The predicted molar refractivity (Wildman–Crippen MR) is 105 cm³/mol. The van der Waals surface area contributed by atoms with E-state index in [0.717, 1.165) is 16.5 Å². The number of amides is 1. The maximum atomic E-state index is 13.4. The Morgan fingerprint density at radius 1 is 1.10 bits per heavy atom. The molecule has 0 bridgehead atoms. The van der Waals surface area contributed by atoms with Crippen LogP contribution in [-0.4, -0.2) is 39.2 Å². The monoisotopic (exact) mass is 396 g/mol. The van der Waals surface area contributed by atoms with Gasteiger partial charge in [-0.05, 0) is 35.4 Å². The second kappa shape index (κ2) is 6.30. The van der Waals surface area contributed by atoms with E-state index in [0.29, 0.717) is 22.8 Å². The number of imidazole rings is 1. The smallest absolute Gasteiger partial charge is 0.272 e. The number of hydrogen-bond donors (Lipinski definition) is 1. The lowest BCUT2D eigenvalue weighted by Gasteiger charge is -2.31. The number of rotatable bonds is 2. The molecular formula is C21H18F2N4O2. The van der Waals surface area contributed by atoms with Gasteiger partial charge >= 0.3 is 0 Å². The van der Waals surface area contributed by atoms with Crippen LogP contribution in [-0.2, 0) is 0 Å². The van der Waals surface area contributed by atoms with Gasteiger partial charge in [0.25, 0.3) is 11.8 Å². The molecule has 1 fully saturated rings. The van der Waals surface area contributed by atoms with Crippen molar-refractivity contribution < 1.29 is 18.0 Å². The minimum Gasteiger partial charge on any atom is -0.441 e. The van der Waals surface area contributed by atoms with Gasteiger partial charge in [-0.2, -0.15) is 0 Å². The third-order valence-electron chi connectivity index (χ3n) is 5.38. The number of likely N-dealkylation sites (tertiary alicyclic amines) is 1. The number of alkyl halides is 2. The number of halogens is 2. The van der Waals surface area contributed by atoms with Crippen LogP contribution in [0.15, 0.2) is 53.2 Å². The summed E-state index contributed by atoms with van der Waals surface area (Å²) < 4.78 is 34.0. The van der Waals surface area contributed by atoms with E-state index < -0.39 is 5.92 Å². The van der Waals surface area contributed by atoms with Gasteiger partial charge in [-0.15, -0.1) is 0 Å². The number of hydrogen-bond acceptors (Lipinski definition) is 4. The van der Waals surface area contributed by atoms with Crippen LogP contribution in [0.4, 0.5) is 14.7 Å². The van der Waals surface area contributed by atoms with Gasteiger partial charge in [-0.25, -0.2) is 13.8 Å². The van der Waals surface area contributed by atoms with Crippen molar-refractivity contribution >= 4 is 28.4 Å². The third-order valence-corrected chi connectivity index (χ3v) is 5.38. The first-order valence-corrected chi connectivity index (χ1v) is 9.33. The first-order valence-electron chi connectivity index (χ1n) is 9.33. The second-order valence-electron chi connectivity index (χ2n) is 7.34. The minimum atomic E-state index is -2.70. The molecule has 1 aromatic carbocycles. The number of furan rings is 1. The number of benzene rings is 1. The van der Waals surface area contributed by atoms with Crippen LogP contribution in [0.5, 0.6) is 0 Å². The summed E-state index contributed by atoms with van der Waals surface area (Å²) in [7, 11) is 0. The molecule has 1 aliphatic heterocycles. The molecule has 148 valence electrons. The van der Waals surface area contributed by atoms with Gasteiger partial charge in [0.05, 0.1) is 6.20 Å². The maximum Gasteiger partial charge on any atom is 0.272 e. The van der Waals surface area contributed by atoms with Crippen LogP contribution in [0.1, 0.15) is 23.3 Å². The van der Waals surface area contributed by atoms with Crippen LogP contribution >= 0.6 is 0 Å². The number of carbonyl (C=O) groups excluding carboxylic acids is 1. The molecule has 4 heterocycles. The molecule has 2 N–H and O–H groups in total. The van der Waals surface area contributed by atoms with Crippen molar-refractivity contribution in [2.24, 2.45) is 0 Å². The molecule has 1 amide bonds. The number of nitrogen functional groups attached to an aromatic ring is 1. The summed E-state index contributed by atoms with van der Waals surface area (Å²) in [4.78, 5) is 18.7. The summed E-state index contributed by atoms with van der Waals surface area (Å²) in [5.41, 5.74) is 9.22. The Morgan fingerprint density at radius 2 is 1.86 bits per heavy atom. The van der Waals surface area contributed by atoms with Gasteiger partial charge in [0.2, 0.25) is 0 Å². The van der Waals surface area contributed by atoms with E-state index in [2.05, 4.69) is 4.98 Å². The number of piperidine rings is 1. The summed E-state index contributed by atoms with van der Waals surface area (Å²) in [6.45, 7) is 0.0780. The first kappa shape index (κ1) is 17.7. The molecule has 6 nitrogen and oxygen atoms in total. The fraction of sp³-hybridized carbons (Fsp3) is 0.238. The molecule has 1 aliphatic rings. The number of anilines is 1. The van der Waals surface area contributed by atoms with Crippen molar-refractivity contribution in [2.45, 2.75) is 18.8 Å². The van der Waals surface area contributed by atoms with Gasteiger partial charge in [-0.3, -0.25) is 9.20 Å². The summed E-state index contributed by atoms with van der Waals surface area (Å²) in [6.07, 6.45) is 2.70. The lowest BCUT2D eigenvalue weighted by atomic mass is 10.1. The second-order valence-corrected chi connectivity index (χ2v) is 7.34. The molecule has 0 aliphatic carbocycles. The van der Waals surface area contributed by atoms with E-state index in [-0.39, 0.29) is 31.8 Å². The van der Waals surface area contributed by atoms with Crippen LogP contribution in [0, 0.1) is 0 Å². The fourth-order valence-electron chi connectivity index (χ4n) is 3.75. The van der Waals surface area contributed by atoms with Gasteiger partial charge < -0.3 is 15.1 Å². The highest BCUT2D eigenvalue weighted by Crippen LogP contribution is 2.30. The number of aromatic nitrogens is 2. The standard InChI is InChI=1S/C21H18F2N4O2/c22-21(23)5-7-26(8-6-21)20(28)16-11-25-19-4-2-14(12-27(16)19)13-1-3-17-15(9-13)10-18(24)29-17/h1-4,9-12H,5-8,24H2. The first-order chi connectivity index (χ1) is 13.9. The molecule has 0 unspecified atom stereocenters. The summed E-state index contributed by atoms with van der Waals surface area (Å²) in [6, 6.07) is 11.2. The predicted octanol–water partition coefficient (Wildman–Crippen LogP) is 4.20. The Bertz CT molecular complexity index is 1230. The van der Waals surface area contributed by atoms with Crippen LogP contribution in [0.2, 0.25) is 0 Å². The third kappa shape index (κ3) is 3.10. The Hall–Kier alpha value is -3.42. The summed E-state index contributed by atoms with van der Waals surface area (Å²) >= 11 is 0. The Labute approximate surface area is 164 Å². The molecule has 3 aromatic heterocycles. The van der Waals surface area contributed by atoms with E-state index in [9.17, 15) is 13.6 Å². The number of nitrogens with zero attached hydrogens (tertiary/aromatic N) is 3. The molecule has 0 radical (unpaired) electrons. The van der Waals surface area contributed by atoms with E-state index >= 15 is 0 Å². The number of fused-ring (bicyclic) bond motifs is 2. The van der Waals surface area contributed by atoms with Crippen LogP contribution in [0.25, 0.3) is 27.7 Å². The highest BCUT2D eigenvalue weighted by atomic mass is 19.3. The van der Waals surface area contributed by atoms with Crippen molar-refractivity contribution in [3.63, 3.8) is 0 Å². The summed E-state index contributed by atoms with van der Waals surface area (Å²) in [5, 5.41) is 0.885. The van der Waals surface area contributed by atoms with Gasteiger partial charge in [0, 0.05) is 43.6 Å². The lowest BCUT2D eigenvalue weighted by molar-refractivity contribution is -0.0495. The zero-order valence-electron chi connectivity index (χ0n) is 15.4. The fourth-order valence-corrected chi connectivity index (χ4v) is 3.75. The van der Waals surface area contributed by atoms with Crippen molar-refractivity contribution in [1.29, 1.82) is 0 Å². The van der Waals surface area contributed by atoms with Crippen LogP contribution in [0.3, 0.4) is 0 Å². The van der Waals surface area contributed by atoms with Crippen LogP contribution < -0.4 is 5.73 Å². The lowest BCUT2D eigenvalue weighted by Crippen LogP contribution is -2.43. The number of carbonyl (C=O) groups is 1. The maximum absolute atomic E-state index is 13.4. The number of pyridine rings is 1. The summed E-state index contributed by atoms with van der Waals surface area (Å²) in [5.74, 6) is -2.64. The van der Waals surface area contributed by atoms with E-state index in [1.54, 1.807) is 10.5 Å². The average molecular weight is 396 g/mol. The van der Waals surface area contributed by atoms with E-state index in [1.807, 2.05) is 36.5 Å². The molecule has 5 rings (SSSR count). The highest BCUT2D eigenvalue weighted by Gasteiger charge is 2.36. The van der Waals surface area contributed by atoms with Crippen molar-refractivity contribution in [3.8, 4) is 11.1 Å². The SMILES string of the molecule is Nc1cc2cc(-c3ccc4ncc(C(=O)N5CCC(F)(F)CC5)n4c3)ccc2o1. The molecule has 8 heteroatoms. The molecule has 29 heavy (non-hydrogen) atoms. The van der Waals surface area contributed by atoms with Crippen molar-refractivity contribution in [1.82, 2.24) is 14.3 Å². The topological polar surface area (TPSA) is 76.8 Å². The molecule has 0 atom stereocenters. The Kier molecular flexibility index (Phi) is 3.84.